The van der Waals surface area contributed by atoms with E-state index in [1.165, 1.54) is 35.4 Å². The second kappa shape index (κ2) is 18.5. The number of hydrogen-bond donors (Lipinski definition) is 4. The molecule has 0 aromatic rings. The van der Waals surface area contributed by atoms with E-state index < -0.39 is 59.2 Å². The Hall–Kier alpha value is -2.88. The molecule has 0 unspecified atom stereocenters. The van der Waals surface area contributed by atoms with Gasteiger partial charge in [0.1, 0.15) is 36.5 Å². The van der Waals surface area contributed by atoms with Gasteiger partial charge in [-0.05, 0) is 41.5 Å². The molecule has 0 aromatic heterocycles. The van der Waals surface area contributed by atoms with E-state index in [0.717, 1.165) is 0 Å². The predicted octanol–water partition coefficient (Wildman–Crippen LogP) is 1.51. The minimum absolute atomic E-state index is 0.264. The van der Waals surface area contributed by atoms with Crippen molar-refractivity contribution >= 4 is 57.5 Å². The lowest BCUT2D eigenvalue weighted by molar-refractivity contribution is -0.144. The zero-order valence-corrected chi connectivity index (χ0v) is 25.9. The maximum absolute atomic E-state index is 12.5. The van der Waals surface area contributed by atoms with Gasteiger partial charge in [-0.1, -0.05) is 21.6 Å². The maximum Gasteiger partial charge on any atom is 0.408 e. The highest BCUT2D eigenvalue weighted by atomic mass is 33.1. The summed E-state index contributed by atoms with van der Waals surface area (Å²) >= 11 is 0. The highest BCUT2D eigenvalue weighted by Crippen LogP contribution is 2.19. The van der Waals surface area contributed by atoms with Gasteiger partial charge in [0, 0.05) is 38.4 Å². The second-order valence-electron chi connectivity index (χ2n) is 10.2. The first-order chi connectivity index (χ1) is 18.4. The monoisotopic (exact) mass is 610 g/mol. The van der Waals surface area contributed by atoms with Crippen molar-refractivity contribution < 1.29 is 47.7 Å². The fraction of sp³-hybridized carbons (Fsp3) is 0.750. The molecule has 0 heterocycles. The third-order valence-corrected chi connectivity index (χ3v) is 6.38. The molecule has 0 spiro atoms. The molecule has 0 radical (unpaired) electrons. The topological polar surface area (TPSA) is 187 Å². The number of amides is 4. The fourth-order valence-electron chi connectivity index (χ4n) is 2.46. The molecule has 0 aliphatic carbocycles. The summed E-state index contributed by atoms with van der Waals surface area (Å²) in [6.07, 6.45) is -1.63. The summed E-state index contributed by atoms with van der Waals surface area (Å²) < 4.78 is 20.0. The van der Waals surface area contributed by atoms with Crippen LogP contribution in [0.2, 0.25) is 0 Å². The van der Waals surface area contributed by atoms with Crippen LogP contribution in [0.5, 0.6) is 0 Å². The van der Waals surface area contributed by atoms with Gasteiger partial charge in [-0.2, -0.15) is 0 Å². The van der Waals surface area contributed by atoms with Gasteiger partial charge in [0.05, 0.1) is 0 Å². The number of nitrogens with one attached hydrogen (secondary N) is 4. The van der Waals surface area contributed by atoms with Gasteiger partial charge in [-0.15, -0.1) is 0 Å². The van der Waals surface area contributed by atoms with E-state index in [2.05, 4.69) is 21.3 Å². The lowest BCUT2D eigenvalue weighted by Crippen LogP contribution is -2.51. The zero-order chi connectivity index (χ0) is 30.9. The SMILES string of the molecule is CC(=O)OC[C@H](NC(=O)OC(C)(C)C)C(=O)NCCSSCCNC(=O)[C@H](COC(C)=O)NC(=O)OC(C)(C)C. The minimum Gasteiger partial charge on any atom is -0.463 e. The van der Waals surface area contributed by atoms with Crippen LogP contribution in [0.3, 0.4) is 0 Å². The first-order valence-electron chi connectivity index (χ1n) is 12.4. The van der Waals surface area contributed by atoms with Crippen molar-refractivity contribution in [2.75, 3.05) is 37.8 Å². The first kappa shape index (κ1) is 37.1. The van der Waals surface area contributed by atoms with E-state index in [0.29, 0.717) is 11.5 Å². The van der Waals surface area contributed by atoms with E-state index in [-0.39, 0.29) is 26.3 Å². The number of carbonyl (C=O) groups is 6. The second-order valence-corrected chi connectivity index (χ2v) is 12.9. The van der Waals surface area contributed by atoms with Gasteiger partial charge in [0.25, 0.3) is 0 Å². The van der Waals surface area contributed by atoms with Crippen molar-refractivity contribution in [2.45, 2.75) is 78.7 Å². The van der Waals surface area contributed by atoms with E-state index in [1.807, 2.05) is 0 Å². The highest BCUT2D eigenvalue weighted by Gasteiger charge is 2.26. The van der Waals surface area contributed by atoms with Crippen molar-refractivity contribution in [3.8, 4) is 0 Å². The molecule has 0 fully saturated rings. The van der Waals surface area contributed by atoms with E-state index in [9.17, 15) is 28.8 Å². The quantitative estimate of drug-likeness (QED) is 0.0907. The summed E-state index contributed by atoms with van der Waals surface area (Å²) in [5.74, 6) is -1.26. The Morgan fingerprint density at radius 2 is 0.950 bits per heavy atom. The molecular weight excluding hydrogens is 568 g/mol. The molecule has 0 rings (SSSR count). The molecule has 2 atom stereocenters. The first-order valence-corrected chi connectivity index (χ1v) is 14.9. The van der Waals surface area contributed by atoms with Crippen molar-refractivity contribution in [3.63, 3.8) is 0 Å². The summed E-state index contributed by atoms with van der Waals surface area (Å²) in [6.45, 7) is 12.3. The molecule has 40 heavy (non-hydrogen) atoms. The number of esters is 2. The van der Waals surface area contributed by atoms with Gasteiger partial charge < -0.3 is 40.2 Å². The Bertz CT molecular complexity index is 805. The molecule has 0 aromatic carbocycles. The fourth-order valence-corrected chi connectivity index (χ4v) is 4.28. The number of alkyl carbamates (subject to hydrolysis) is 2. The predicted molar refractivity (Wildman–Crippen MR) is 151 cm³/mol. The number of hydrogen-bond acceptors (Lipinski definition) is 12. The van der Waals surface area contributed by atoms with Crippen LogP contribution in [0.4, 0.5) is 9.59 Å². The molecule has 4 N–H and O–H groups in total. The van der Waals surface area contributed by atoms with Crippen LogP contribution in [-0.4, -0.2) is 97.0 Å². The Balaban J connectivity index is 4.48. The molecule has 230 valence electrons. The molecule has 0 aliphatic heterocycles. The van der Waals surface area contributed by atoms with E-state index in [1.54, 1.807) is 41.5 Å². The van der Waals surface area contributed by atoms with Crippen LogP contribution in [0, 0.1) is 0 Å². The van der Waals surface area contributed by atoms with Crippen molar-refractivity contribution in [2.24, 2.45) is 0 Å². The van der Waals surface area contributed by atoms with Crippen molar-refractivity contribution in [1.82, 2.24) is 21.3 Å². The Kier molecular flexibility index (Phi) is 17.1. The molecule has 0 bridgehead atoms. The van der Waals surface area contributed by atoms with Crippen LogP contribution in [-0.2, 0) is 38.1 Å². The Morgan fingerprint density at radius 1 is 0.625 bits per heavy atom. The van der Waals surface area contributed by atoms with Crippen LogP contribution in [0.25, 0.3) is 0 Å². The van der Waals surface area contributed by atoms with E-state index in [4.69, 9.17) is 18.9 Å². The van der Waals surface area contributed by atoms with Gasteiger partial charge in [-0.3, -0.25) is 19.2 Å². The Labute approximate surface area is 242 Å². The summed E-state index contributed by atoms with van der Waals surface area (Å²) in [4.78, 5) is 71.2. The average Bonchev–Trinajstić information content (AvgIpc) is 2.78. The molecule has 0 saturated heterocycles. The molecule has 4 amide bonds. The van der Waals surface area contributed by atoms with Crippen LogP contribution in [0.1, 0.15) is 55.4 Å². The summed E-state index contributed by atoms with van der Waals surface area (Å²) in [7, 11) is 2.86. The number of carbonyl (C=O) groups excluding carboxylic acids is 6. The van der Waals surface area contributed by atoms with Crippen molar-refractivity contribution in [1.29, 1.82) is 0 Å². The van der Waals surface area contributed by atoms with E-state index >= 15 is 0 Å². The third-order valence-electron chi connectivity index (χ3n) is 3.97. The lowest BCUT2D eigenvalue weighted by Gasteiger charge is -2.23. The van der Waals surface area contributed by atoms with Gasteiger partial charge in [0.2, 0.25) is 11.8 Å². The molecule has 14 nitrogen and oxygen atoms in total. The lowest BCUT2D eigenvalue weighted by atomic mass is 10.2. The van der Waals surface area contributed by atoms with Gasteiger partial charge >= 0.3 is 24.1 Å². The molecular formula is C24H42N4O10S2. The molecule has 0 aliphatic rings. The smallest absolute Gasteiger partial charge is 0.408 e. The molecule has 16 heteroatoms. The summed E-state index contributed by atoms with van der Waals surface area (Å²) in [6, 6.07) is -2.25. The molecule has 0 saturated carbocycles. The third kappa shape index (κ3) is 21.0. The van der Waals surface area contributed by atoms with Crippen LogP contribution in [0.15, 0.2) is 0 Å². The highest BCUT2D eigenvalue weighted by molar-refractivity contribution is 8.76. The van der Waals surface area contributed by atoms with Crippen molar-refractivity contribution in [3.05, 3.63) is 0 Å². The van der Waals surface area contributed by atoms with Gasteiger partial charge in [-0.25, -0.2) is 9.59 Å². The maximum atomic E-state index is 12.5. The normalized spacial score (nSPS) is 12.7. The van der Waals surface area contributed by atoms with Gasteiger partial charge in [0.15, 0.2) is 0 Å². The largest absolute Gasteiger partial charge is 0.463 e. The zero-order valence-electron chi connectivity index (χ0n) is 24.3. The summed E-state index contributed by atoms with van der Waals surface area (Å²) in [5.41, 5.74) is -1.53. The summed E-state index contributed by atoms with van der Waals surface area (Å²) in [5, 5.41) is 10.1. The van der Waals surface area contributed by atoms with Crippen LogP contribution < -0.4 is 21.3 Å². The minimum atomic E-state index is -1.12. The number of ether oxygens (including phenoxy) is 4. The average molecular weight is 611 g/mol. The van der Waals surface area contributed by atoms with Crippen LogP contribution >= 0.6 is 21.6 Å². The number of rotatable bonds is 15. The Morgan fingerprint density at radius 3 is 1.23 bits per heavy atom. The standard InChI is InChI=1S/C24H42N4O10S2/c1-15(29)35-13-17(27-21(33)37-23(3,4)5)19(31)25-9-11-39-40-12-10-26-20(32)18(14-36-16(2)30)28-22(34)38-24(6,7)8/h17-18H,9-14H2,1-8H3,(H,25,31)(H,26,32)(H,27,33)(H,28,34)/t17-,18-/m0/s1.